The van der Waals surface area contributed by atoms with Crippen LogP contribution in [0.2, 0.25) is 0 Å². The Balaban J connectivity index is 1.66. The number of carbonyl (C=O) groups excluding carboxylic acids is 3. The number of halogens is 1. The molecule has 6 rings (SSSR count). The molecule has 0 aromatic heterocycles. The van der Waals surface area contributed by atoms with Crippen molar-refractivity contribution in [2.75, 3.05) is 6.61 Å². The van der Waals surface area contributed by atoms with Crippen LogP contribution in [0.4, 0.5) is 0 Å². The molecule has 6 aliphatic carbocycles. The molecule has 0 heterocycles. The first-order valence-corrected chi connectivity index (χ1v) is 10.5. The van der Waals surface area contributed by atoms with E-state index < -0.39 is 33.7 Å². The van der Waals surface area contributed by atoms with Crippen LogP contribution in [0.5, 0.6) is 0 Å². The van der Waals surface area contributed by atoms with Crippen molar-refractivity contribution in [2.24, 2.45) is 34.0 Å². The van der Waals surface area contributed by atoms with E-state index in [1.165, 1.54) is 0 Å². The van der Waals surface area contributed by atoms with Crippen LogP contribution in [0.25, 0.3) is 0 Å². The molecule has 3 unspecified atom stereocenters. The molecule has 150 valence electrons. The third-order valence-corrected chi connectivity index (χ3v) is 8.74. The molecule has 0 aromatic carbocycles. The third kappa shape index (κ3) is 1.82. The Kier molecular flexibility index (Phi) is 3.56. The fourth-order valence-corrected chi connectivity index (χ4v) is 7.34. The van der Waals surface area contributed by atoms with Crippen molar-refractivity contribution in [2.45, 2.75) is 51.0 Å². The number of allylic oxidation sites excluding steroid dienone is 3. The summed E-state index contributed by atoms with van der Waals surface area (Å²) in [5, 5.41) is 9.38. The average Bonchev–Trinajstić information content (AvgIpc) is 3.21. The van der Waals surface area contributed by atoms with E-state index in [0.29, 0.717) is 18.4 Å². The molecule has 4 fully saturated rings. The zero-order chi connectivity index (χ0) is 20.2. The van der Waals surface area contributed by atoms with Gasteiger partial charge in [-0.2, -0.15) is 0 Å². The van der Waals surface area contributed by atoms with Gasteiger partial charge in [-0.05, 0) is 43.9 Å². The predicted octanol–water partition coefficient (Wildman–Crippen LogP) is 2.59. The second kappa shape index (κ2) is 5.37. The maximum Gasteiger partial charge on any atom is 0.324 e. The molecule has 0 aliphatic heterocycles. The summed E-state index contributed by atoms with van der Waals surface area (Å²) in [5.41, 5.74) is -0.403. The zero-order valence-corrected chi connectivity index (χ0v) is 16.9. The van der Waals surface area contributed by atoms with Crippen molar-refractivity contribution in [3.63, 3.8) is 0 Å². The van der Waals surface area contributed by atoms with Crippen LogP contribution in [0.3, 0.4) is 0 Å². The van der Waals surface area contributed by atoms with E-state index in [1.54, 1.807) is 6.92 Å². The minimum Gasteiger partial charge on any atom is -0.460 e. The Morgan fingerprint density at radius 2 is 2.18 bits per heavy atom. The number of alkyl halides is 1. The normalized spacial score (nSPS) is 49.1. The number of hydrogen-bond donors (Lipinski definition) is 1. The monoisotopic (exact) mass is 404 g/mol. The largest absolute Gasteiger partial charge is 0.460 e. The highest BCUT2D eigenvalue weighted by atomic mass is 35.5. The number of aliphatic hydroxyl groups is 1. The van der Waals surface area contributed by atoms with Gasteiger partial charge in [-0.25, -0.2) is 0 Å². The lowest BCUT2D eigenvalue weighted by Crippen LogP contribution is -2.69. The van der Waals surface area contributed by atoms with Gasteiger partial charge in [0.05, 0.1) is 10.8 Å². The van der Waals surface area contributed by atoms with Gasteiger partial charge in [0, 0.05) is 24.0 Å². The molecule has 8 atom stereocenters. The van der Waals surface area contributed by atoms with Crippen LogP contribution in [-0.2, 0) is 19.1 Å². The van der Waals surface area contributed by atoms with Crippen molar-refractivity contribution in [3.8, 4) is 0 Å². The summed E-state index contributed by atoms with van der Waals surface area (Å²) < 4.78 is 5.81. The van der Waals surface area contributed by atoms with Crippen molar-refractivity contribution in [1.82, 2.24) is 0 Å². The van der Waals surface area contributed by atoms with Crippen LogP contribution in [-0.4, -0.2) is 40.7 Å². The number of hydrogen-bond acceptors (Lipinski definition) is 5. The van der Waals surface area contributed by atoms with Crippen LogP contribution in [0.1, 0.15) is 39.5 Å². The molecular weight excluding hydrogens is 380 g/mol. The molecule has 0 saturated heterocycles. The quantitative estimate of drug-likeness (QED) is 0.444. The summed E-state index contributed by atoms with van der Waals surface area (Å²) in [6, 6.07) is 0. The Morgan fingerprint density at radius 3 is 2.82 bits per heavy atom. The lowest BCUT2D eigenvalue weighted by molar-refractivity contribution is -0.204. The maximum absolute atomic E-state index is 13.3. The fourth-order valence-electron chi connectivity index (χ4n) is 7.29. The average molecular weight is 405 g/mol. The predicted molar refractivity (Wildman–Crippen MR) is 101 cm³/mol. The van der Waals surface area contributed by atoms with Gasteiger partial charge in [0.1, 0.15) is 17.3 Å². The number of fused-ring (bicyclic) bond motifs is 2. The molecule has 5 nitrogen and oxygen atoms in total. The van der Waals surface area contributed by atoms with Gasteiger partial charge in [0.2, 0.25) is 0 Å². The molecule has 0 radical (unpaired) electrons. The second-order valence-corrected chi connectivity index (χ2v) is 10.4. The van der Waals surface area contributed by atoms with Gasteiger partial charge in [-0.3, -0.25) is 14.4 Å². The van der Waals surface area contributed by atoms with Gasteiger partial charge in [-0.15, -0.1) is 11.6 Å². The summed E-state index contributed by atoms with van der Waals surface area (Å²) in [5.74, 6) is -0.810. The van der Waals surface area contributed by atoms with E-state index in [0.717, 1.165) is 18.4 Å². The summed E-state index contributed by atoms with van der Waals surface area (Å²) in [7, 11) is 0. The molecule has 2 bridgehead atoms. The number of ether oxygens (including phenoxy) is 1. The number of carbonyl (C=O) groups is 3. The lowest BCUT2D eigenvalue weighted by atomic mass is 9.36. The number of rotatable bonds is 3. The summed E-state index contributed by atoms with van der Waals surface area (Å²) in [4.78, 5) is 38.8. The number of esters is 1. The molecule has 0 amide bonds. The fraction of sp³-hybridized carbons (Fsp3) is 0.682. The van der Waals surface area contributed by atoms with E-state index in [4.69, 9.17) is 16.3 Å². The van der Waals surface area contributed by atoms with Gasteiger partial charge >= 0.3 is 5.97 Å². The molecule has 1 N–H and O–H groups in total. The third-order valence-electron chi connectivity index (χ3n) is 8.56. The minimum absolute atomic E-state index is 0.0224. The van der Waals surface area contributed by atoms with Crippen LogP contribution >= 0.6 is 11.6 Å². The Hall–Kier alpha value is -1.46. The number of Topliss-reactive ketones (excluding diaryl/α,β-unsaturated/α-hetero) is 2. The van der Waals surface area contributed by atoms with Gasteiger partial charge in [0.15, 0.2) is 5.78 Å². The van der Waals surface area contributed by atoms with E-state index in [-0.39, 0.29) is 35.9 Å². The highest BCUT2D eigenvalue weighted by Gasteiger charge is 2.86. The Morgan fingerprint density at radius 1 is 1.46 bits per heavy atom. The molecular formula is C22H25ClO5. The summed E-state index contributed by atoms with van der Waals surface area (Å²) in [6.45, 7) is 7.45. The van der Waals surface area contributed by atoms with Crippen LogP contribution in [0, 0.1) is 34.0 Å². The first-order chi connectivity index (χ1) is 13.1. The molecule has 28 heavy (non-hydrogen) atoms. The van der Waals surface area contributed by atoms with E-state index >= 15 is 0 Å². The second-order valence-electron chi connectivity index (χ2n) is 9.75. The minimum atomic E-state index is -0.892. The van der Waals surface area contributed by atoms with Gasteiger partial charge in [-0.1, -0.05) is 25.2 Å². The van der Waals surface area contributed by atoms with Crippen LogP contribution < -0.4 is 0 Å². The first-order valence-electron chi connectivity index (χ1n) is 10.1. The molecule has 2 spiro atoms. The highest BCUT2D eigenvalue weighted by molar-refractivity contribution is 6.29. The van der Waals surface area contributed by atoms with E-state index in [1.807, 2.05) is 13.0 Å². The molecule has 6 aliphatic rings. The van der Waals surface area contributed by atoms with E-state index in [9.17, 15) is 19.5 Å². The Bertz CT molecular complexity index is 874. The highest BCUT2D eigenvalue weighted by Crippen LogP contribution is 2.82. The van der Waals surface area contributed by atoms with Crippen molar-refractivity contribution in [3.05, 3.63) is 23.8 Å². The zero-order valence-electron chi connectivity index (χ0n) is 16.2. The maximum atomic E-state index is 13.3. The van der Waals surface area contributed by atoms with Crippen molar-refractivity contribution < 1.29 is 24.2 Å². The number of ketones is 2. The van der Waals surface area contributed by atoms with Crippen molar-refractivity contribution in [1.29, 1.82) is 0 Å². The molecule has 4 saturated carbocycles. The Labute approximate surface area is 169 Å². The summed E-state index contributed by atoms with van der Waals surface area (Å²) >= 11 is 5.94. The number of aliphatic hydroxyl groups excluding tert-OH is 1. The standard InChI is InChI=1S/C22H25ClO5/c1-10-6-12-8-21(17(10)25)15(28-19(27)11(2)23)7-14-20(3,9-24)5-4-13-18(26)22(13,14)16(12)21/h6,11,13-16,24H,1,4-5,7-9H2,2-3H3/t11-,13?,14?,15-,16?,20+,21+,22+/m1/s1. The smallest absolute Gasteiger partial charge is 0.324 e. The first kappa shape index (κ1) is 18.6. The molecule has 6 heteroatoms. The summed E-state index contributed by atoms with van der Waals surface area (Å²) in [6.07, 6.45) is 3.65. The van der Waals surface area contributed by atoms with E-state index in [2.05, 4.69) is 6.58 Å². The lowest BCUT2D eigenvalue weighted by Gasteiger charge is -2.66. The molecule has 0 aromatic rings. The topological polar surface area (TPSA) is 80.7 Å². The van der Waals surface area contributed by atoms with Gasteiger partial charge < -0.3 is 9.84 Å². The van der Waals surface area contributed by atoms with Gasteiger partial charge in [0.25, 0.3) is 0 Å². The van der Waals surface area contributed by atoms with Crippen molar-refractivity contribution >= 4 is 29.1 Å². The SMILES string of the molecule is C=C1C=C2C[C@@]3(C1=O)C2[C@]12C(=O)C1CC[C@@](C)(CO)C2C[C@H]3OC(=O)[C@@H](C)Cl. The van der Waals surface area contributed by atoms with Crippen LogP contribution in [0.15, 0.2) is 23.8 Å².